The molecule has 0 aromatic carbocycles. The van der Waals surface area contributed by atoms with Crippen LogP contribution in [0.25, 0.3) is 0 Å². The minimum atomic E-state index is -2.04. The predicted octanol–water partition coefficient (Wildman–Crippen LogP) is -2.49. The average Bonchev–Trinajstić information content (AvgIpc) is 2.78. The molecule has 1 saturated heterocycles. The standard InChI is InChI=1S/C8H14N2O5S/c9-5-1-10(3-16-5)8(14)7(13)6(12)4(2-11)15-8/h1,4,6-7,11-14H,2-3,9H2/t4-,6-,7-,8?/m0/s1. The zero-order valence-corrected chi connectivity index (χ0v) is 9.17. The lowest BCUT2D eigenvalue weighted by Gasteiger charge is -2.34. The topological polar surface area (TPSA) is 119 Å². The van der Waals surface area contributed by atoms with Crippen LogP contribution < -0.4 is 5.73 Å². The second kappa shape index (κ2) is 4.06. The van der Waals surface area contributed by atoms with Crippen LogP contribution in [0.15, 0.2) is 11.2 Å². The summed E-state index contributed by atoms with van der Waals surface area (Å²) in [6, 6.07) is 0. The summed E-state index contributed by atoms with van der Waals surface area (Å²) in [4.78, 5) is 1.29. The molecule has 0 aliphatic carbocycles. The number of aliphatic hydroxyl groups excluding tert-OH is 3. The van der Waals surface area contributed by atoms with Gasteiger partial charge in [0.2, 0.25) is 0 Å². The predicted molar refractivity (Wildman–Crippen MR) is 55.5 cm³/mol. The van der Waals surface area contributed by atoms with E-state index >= 15 is 0 Å². The Bertz CT molecular complexity index is 315. The van der Waals surface area contributed by atoms with Crippen molar-refractivity contribution in [1.82, 2.24) is 4.90 Å². The molecule has 0 radical (unpaired) electrons. The Kier molecular flexibility index (Phi) is 3.03. The third kappa shape index (κ3) is 1.67. The second-order valence-electron chi connectivity index (χ2n) is 3.71. The first-order chi connectivity index (χ1) is 7.49. The number of nitrogens with zero attached hydrogens (tertiary/aromatic N) is 1. The van der Waals surface area contributed by atoms with Gasteiger partial charge in [-0.3, -0.25) is 0 Å². The number of ether oxygens (including phenoxy) is 1. The smallest absolute Gasteiger partial charge is 0.280 e. The Balaban J connectivity index is 2.19. The van der Waals surface area contributed by atoms with Crippen molar-refractivity contribution >= 4 is 11.8 Å². The highest BCUT2D eigenvalue weighted by atomic mass is 32.2. The molecule has 92 valence electrons. The summed E-state index contributed by atoms with van der Waals surface area (Å²) in [5.41, 5.74) is 5.52. The lowest BCUT2D eigenvalue weighted by Crippen LogP contribution is -2.54. The molecule has 0 saturated carbocycles. The molecular weight excluding hydrogens is 236 g/mol. The van der Waals surface area contributed by atoms with E-state index in [1.807, 2.05) is 0 Å². The van der Waals surface area contributed by atoms with Crippen LogP contribution in [0.2, 0.25) is 0 Å². The van der Waals surface area contributed by atoms with Crippen LogP contribution >= 0.6 is 11.8 Å². The monoisotopic (exact) mass is 250 g/mol. The molecule has 2 aliphatic heterocycles. The summed E-state index contributed by atoms with van der Waals surface area (Å²) in [7, 11) is 0. The van der Waals surface area contributed by atoms with Crippen LogP contribution in [0.4, 0.5) is 0 Å². The van der Waals surface area contributed by atoms with Crippen molar-refractivity contribution in [1.29, 1.82) is 0 Å². The lowest BCUT2D eigenvalue weighted by molar-refractivity contribution is -0.296. The quantitative estimate of drug-likeness (QED) is 0.365. The molecule has 8 heteroatoms. The van der Waals surface area contributed by atoms with Crippen LogP contribution in [0.5, 0.6) is 0 Å². The number of thioether (sulfide) groups is 1. The third-order valence-corrected chi connectivity index (χ3v) is 3.51. The maximum atomic E-state index is 10.1. The summed E-state index contributed by atoms with van der Waals surface area (Å²) in [5, 5.41) is 38.8. The zero-order chi connectivity index (χ0) is 11.9. The molecule has 2 rings (SSSR count). The van der Waals surface area contributed by atoms with E-state index in [4.69, 9.17) is 15.6 Å². The molecule has 2 aliphatic rings. The van der Waals surface area contributed by atoms with Crippen molar-refractivity contribution in [3.63, 3.8) is 0 Å². The van der Waals surface area contributed by atoms with Gasteiger partial charge >= 0.3 is 0 Å². The highest BCUT2D eigenvalue weighted by molar-refractivity contribution is 8.03. The van der Waals surface area contributed by atoms with Gasteiger partial charge in [-0.1, -0.05) is 11.8 Å². The van der Waals surface area contributed by atoms with E-state index in [1.165, 1.54) is 22.9 Å². The highest BCUT2D eigenvalue weighted by Gasteiger charge is 2.56. The molecule has 7 nitrogen and oxygen atoms in total. The normalized spacial score (nSPS) is 43.9. The van der Waals surface area contributed by atoms with E-state index in [0.29, 0.717) is 10.9 Å². The van der Waals surface area contributed by atoms with Gasteiger partial charge in [0, 0.05) is 6.20 Å². The fourth-order valence-corrected chi connectivity index (χ4v) is 2.48. The van der Waals surface area contributed by atoms with Crippen LogP contribution in [-0.2, 0) is 4.74 Å². The second-order valence-corrected chi connectivity index (χ2v) is 4.73. The molecule has 2 heterocycles. The molecule has 16 heavy (non-hydrogen) atoms. The first kappa shape index (κ1) is 12.0. The van der Waals surface area contributed by atoms with Gasteiger partial charge in [-0.05, 0) is 0 Å². The Morgan fingerprint density at radius 3 is 2.75 bits per heavy atom. The minimum absolute atomic E-state index is 0.310. The highest BCUT2D eigenvalue weighted by Crippen LogP contribution is 2.36. The maximum absolute atomic E-state index is 10.1. The number of hydrogen-bond acceptors (Lipinski definition) is 8. The van der Waals surface area contributed by atoms with Gasteiger partial charge < -0.3 is 35.8 Å². The van der Waals surface area contributed by atoms with Crippen molar-refractivity contribution in [2.75, 3.05) is 12.5 Å². The molecular formula is C8H14N2O5S. The van der Waals surface area contributed by atoms with E-state index in [1.54, 1.807) is 0 Å². The van der Waals surface area contributed by atoms with Crippen molar-refractivity contribution in [2.24, 2.45) is 5.73 Å². The van der Waals surface area contributed by atoms with Crippen LogP contribution in [-0.4, -0.2) is 62.0 Å². The summed E-state index contributed by atoms with van der Waals surface area (Å²) >= 11 is 1.27. The van der Waals surface area contributed by atoms with Crippen LogP contribution in [0.3, 0.4) is 0 Å². The van der Waals surface area contributed by atoms with E-state index in [0.717, 1.165) is 0 Å². The van der Waals surface area contributed by atoms with Gasteiger partial charge in [0.15, 0.2) is 6.10 Å². The van der Waals surface area contributed by atoms with Crippen LogP contribution in [0.1, 0.15) is 0 Å². The Morgan fingerprint density at radius 1 is 1.62 bits per heavy atom. The number of aliphatic hydroxyl groups is 4. The molecule has 4 atom stereocenters. The minimum Gasteiger partial charge on any atom is -0.394 e. The first-order valence-corrected chi connectivity index (χ1v) is 5.71. The van der Waals surface area contributed by atoms with E-state index in [-0.39, 0.29) is 0 Å². The van der Waals surface area contributed by atoms with E-state index in [2.05, 4.69) is 0 Å². The van der Waals surface area contributed by atoms with E-state index in [9.17, 15) is 15.3 Å². The largest absolute Gasteiger partial charge is 0.394 e. The molecule has 0 amide bonds. The third-order valence-electron chi connectivity index (χ3n) is 2.66. The fraction of sp³-hybridized carbons (Fsp3) is 0.750. The Labute approximate surface area is 96.1 Å². The van der Waals surface area contributed by atoms with Crippen molar-refractivity contribution in [3.05, 3.63) is 11.2 Å². The lowest BCUT2D eigenvalue weighted by atomic mass is 10.1. The molecule has 1 fully saturated rings. The number of rotatable bonds is 2. The molecule has 0 bridgehead atoms. The van der Waals surface area contributed by atoms with Crippen molar-refractivity contribution in [3.8, 4) is 0 Å². The van der Waals surface area contributed by atoms with Crippen molar-refractivity contribution < 1.29 is 25.2 Å². The molecule has 0 aromatic heterocycles. The Hall–Kier alpha value is -0.510. The van der Waals surface area contributed by atoms with Gasteiger partial charge in [0.05, 0.1) is 17.5 Å². The summed E-state index contributed by atoms with van der Waals surface area (Å²) in [6.07, 6.45) is -2.44. The van der Waals surface area contributed by atoms with E-state index < -0.39 is 30.8 Å². The molecule has 0 spiro atoms. The summed E-state index contributed by atoms with van der Waals surface area (Å²) in [5.74, 6) is -1.73. The molecule has 6 N–H and O–H groups in total. The maximum Gasteiger partial charge on any atom is 0.280 e. The number of hydrogen-bond donors (Lipinski definition) is 5. The molecule has 1 unspecified atom stereocenters. The Morgan fingerprint density at radius 2 is 2.31 bits per heavy atom. The van der Waals surface area contributed by atoms with Gasteiger partial charge in [-0.2, -0.15) is 0 Å². The van der Waals surface area contributed by atoms with Gasteiger partial charge in [-0.25, -0.2) is 0 Å². The van der Waals surface area contributed by atoms with Gasteiger partial charge in [-0.15, -0.1) is 0 Å². The van der Waals surface area contributed by atoms with Crippen LogP contribution in [0, 0.1) is 0 Å². The van der Waals surface area contributed by atoms with Crippen molar-refractivity contribution in [2.45, 2.75) is 24.2 Å². The first-order valence-electron chi connectivity index (χ1n) is 4.73. The summed E-state index contributed by atoms with van der Waals surface area (Å²) in [6.45, 7) is -0.485. The average molecular weight is 250 g/mol. The zero-order valence-electron chi connectivity index (χ0n) is 8.35. The number of nitrogens with two attached hydrogens (primary N) is 1. The SMILES string of the molecule is NC1=CN(C2(O)O[C@@H](CO)[C@H](O)[C@@H]2O)CS1. The van der Waals surface area contributed by atoms with Gasteiger partial charge in [0.1, 0.15) is 12.2 Å². The van der Waals surface area contributed by atoms with Gasteiger partial charge in [0.25, 0.3) is 5.91 Å². The fourth-order valence-electron chi connectivity index (χ4n) is 1.73. The molecule has 0 aromatic rings. The summed E-state index contributed by atoms with van der Waals surface area (Å²) < 4.78 is 5.07.